The highest BCUT2D eigenvalue weighted by Crippen LogP contribution is 2.24. The Balaban J connectivity index is 1.73. The smallest absolute Gasteiger partial charge is 0.224 e. The maximum absolute atomic E-state index is 5.89. The maximum Gasteiger partial charge on any atom is 0.224 e. The van der Waals surface area contributed by atoms with Crippen LogP contribution in [0.3, 0.4) is 0 Å². The van der Waals surface area contributed by atoms with E-state index in [1.54, 1.807) is 0 Å². The standard InChI is InChI=1S/C11H17N5/c12-8-4-6-16(7-8)10-3-5-13-11(15-10)14-9-1-2-9/h3,5,8-9H,1-2,4,6-7,12H2,(H,13,14,15)/t8-/m1/s1. The molecular formula is C11H17N5. The van der Waals surface area contributed by atoms with Gasteiger partial charge in [-0.15, -0.1) is 0 Å². The normalized spacial score (nSPS) is 24.8. The number of aromatic nitrogens is 2. The van der Waals surface area contributed by atoms with Gasteiger partial charge in [0.2, 0.25) is 5.95 Å². The van der Waals surface area contributed by atoms with Gasteiger partial charge in [-0.3, -0.25) is 0 Å². The highest BCUT2D eigenvalue weighted by Gasteiger charge is 2.23. The summed E-state index contributed by atoms with van der Waals surface area (Å²) in [6.45, 7) is 1.90. The Kier molecular flexibility index (Phi) is 2.40. The van der Waals surface area contributed by atoms with Gasteiger partial charge in [0.05, 0.1) is 0 Å². The summed E-state index contributed by atoms with van der Waals surface area (Å²) >= 11 is 0. The average Bonchev–Trinajstić information content (AvgIpc) is 2.98. The van der Waals surface area contributed by atoms with E-state index >= 15 is 0 Å². The molecule has 1 aliphatic heterocycles. The molecule has 1 aliphatic carbocycles. The molecule has 0 radical (unpaired) electrons. The highest BCUT2D eigenvalue weighted by atomic mass is 15.3. The van der Waals surface area contributed by atoms with Crippen molar-refractivity contribution in [3.8, 4) is 0 Å². The lowest BCUT2D eigenvalue weighted by Crippen LogP contribution is -2.27. The van der Waals surface area contributed by atoms with E-state index in [1.165, 1.54) is 12.8 Å². The Morgan fingerprint density at radius 1 is 1.38 bits per heavy atom. The van der Waals surface area contributed by atoms with E-state index in [2.05, 4.69) is 20.2 Å². The number of nitrogens with two attached hydrogens (primary N) is 1. The first-order valence-electron chi connectivity index (χ1n) is 5.91. The van der Waals surface area contributed by atoms with Crippen LogP contribution in [0, 0.1) is 0 Å². The minimum Gasteiger partial charge on any atom is -0.355 e. The molecule has 0 spiro atoms. The zero-order valence-electron chi connectivity index (χ0n) is 9.26. The van der Waals surface area contributed by atoms with E-state index in [-0.39, 0.29) is 6.04 Å². The van der Waals surface area contributed by atoms with E-state index in [0.717, 1.165) is 31.3 Å². The quantitative estimate of drug-likeness (QED) is 0.778. The Morgan fingerprint density at radius 2 is 2.25 bits per heavy atom. The van der Waals surface area contributed by atoms with Crippen molar-refractivity contribution in [3.63, 3.8) is 0 Å². The van der Waals surface area contributed by atoms with E-state index in [4.69, 9.17) is 5.73 Å². The molecule has 1 aromatic heterocycles. The van der Waals surface area contributed by atoms with Crippen LogP contribution in [0.2, 0.25) is 0 Å². The maximum atomic E-state index is 5.89. The fraction of sp³-hybridized carbons (Fsp3) is 0.636. The van der Waals surface area contributed by atoms with Gasteiger partial charge in [0, 0.05) is 31.4 Å². The van der Waals surface area contributed by atoms with Crippen molar-refractivity contribution in [1.29, 1.82) is 0 Å². The third kappa shape index (κ3) is 2.09. The van der Waals surface area contributed by atoms with Gasteiger partial charge in [0.25, 0.3) is 0 Å². The molecule has 0 unspecified atom stereocenters. The van der Waals surface area contributed by atoms with Crippen LogP contribution in [0.4, 0.5) is 11.8 Å². The molecule has 1 saturated carbocycles. The second-order valence-electron chi connectivity index (χ2n) is 4.65. The fourth-order valence-corrected chi connectivity index (χ4v) is 2.00. The lowest BCUT2D eigenvalue weighted by molar-refractivity contribution is 0.751. The Hall–Kier alpha value is -1.36. The average molecular weight is 219 g/mol. The molecule has 2 aliphatic rings. The molecule has 86 valence electrons. The van der Waals surface area contributed by atoms with Crippen LogP contribution in [0.5, 0.6) is 0 Å². The van der Waals surface area contributed by atoms with Gasteiger partial charge in [0.1, 0.15) is 5.82 Å². The molecule has 0 aromatic carbocycles. The lowest BCUT2D eigenvalue weighted by Gasteiger charge is -2.17. The zero-order chi connectivity index (χ0) is 11.0. The van der Waals surface area contributed by atoms with Crippen LogP contribution in [-0.4, -0.2) is 35.1 Å². The topological polar surface area (TPSA) is 67.1 Å². The summed E-state index contributed by atoms with van der Waals surface area (Å²) < 4.78 is 0. The predicted molar refractivity (Wildman–Crippen MR) is 63.5 cm³/mol. The van der Waals surface area contributed by atoms with Crippen LogP contribution in [-0.2, 0) is 0 Å². The molecule has 1 saturated heterocycles. The molecule has 5 nitrogen and oxygen atoms in total. The van der Waals surface area contributed by atoms with Gasteiger partial charge in [-0.25, -0.2) is 4.98 Å². The largest absolute Gasteiger partial charge is 0.355 e. The van der Waals surface area contributed by atoms with Crippen LogP contribution < -0.4 is 16.0 Å². The number of rotatable bonds is 3. The van der Waals surface area contributed by atoms with Crippen molar-refractivity contribution in [2.45, 2.75) is 31.3 Å². The van der Waals surface area contributed by atoms with Gasteiger partial charge in [-0.1, -0.05) is 0 Å². The summed E-state index contributed by atoms with van der Waals surface area (Å²) in [5.74, 6) is 1.74. The number of nitrogens with one attached hydrogen (secondary N) is 1. The summed E-state index contributed by atoms with van der Waals surface area (Å²) in [7, 11) is 0. The molecule has 0 bridgehead atoms. The van der Waals surface area contributed by atoms with Gasteiger partial charge in [0.15, 0.2) is 0 Å². The molecule has 5 heteroatoms. The van der Waals surface area contributed by atoms with Gasteiger partial charge in [-0.05, 0) is 25.3 Å². The van der Waals surface area contributed by atoms with Crippen LogP contribution >= 0.6 is 0 Å². The summed E-state index contributed by atoms with van der Waals surface area (Å²) in [6.07, 6.45) is 5.34. The molecule has 2 fully saturated rings. The van der Waals surface area contributed by atoms with E-state index in [1.807, 2.05) is 12.3 Å². The molecule has 16 heavy (non-hydrogen) atoms. The van der Waals surface area contributed by atoms with E-state index in [0.29, 0.717) is 6.04 Å². The summed E-state index contributed by atoms with van der Waals surface area (Å²) in [4.78, 5) is 11.0. The molecule has 3 rings (SSSR count). The zero-order valence-corrected chi connectivity index (χ0v) is 9.26. The minimum absolute atomic E-state index is 0.287. The second kappa shape index (κ2) is 3.90. The monoisotopic (exact) mass is 219 g/mol. The fourth-order valence-electron chi connectivity index (χ4n) is 2.00. The van der Waals surface area contributed by atoms with E-state index < -0.39 is 0 Å². The molecular weight excluding hydrogens is 202 g/mol. The predicted octanol–water partition coefficient (Wildman–Crippen LogP) is 0.588. The summed E-state index contributed by atoms with van der Waals surface area (Å²) in [5, 5.41) is 3.31. The Bertz CT molecular complexity index is 376. The number of anilines is 2. The first kappa shape index (κ1) is 9.84. The van der Waals surface area contributed by atoms with Crippen LogP contribution in [0.15, 0.2) is 12.3 Å². The third-order valence-corrected chi connectivity index (χ3v) is 3.10. The Morgan fingerprint density at radius 3 is 2.94 bits per heavy atom. The number of nitrogens with zero attached hydrogens (tertiary/aromatic N) is 3. The van der Waals surface area contributed by atoms with Crippen molar-refractivity contribution in [1.82, 2.24) is 9.97 Å². The summed E-state index contributed by atoms with van der Waals surface area (Å²) in [5.41, 5.74) is 5.89. The third-order valence-electron chi connectivity index (χ3n) is 3.10. The minimum atomic E-state index is 0.287. The second-order valence-corrected chi connectivity index (χ2v) is 4.65. The highest BCUT2D eigenvalue weighted by molar-refractivity contribution is 5.44. The van der Waals surface area contributed by atoms with Crippen LogP contribution in [0.25, 0.3) is 0 Å². The number of hydrogen-bond donors (Lipinski definition) is 2. The first-order valence-corrected chi connectivity index (χ1v) is 5.91. The van der Waals surface area contributed by atoms with Crippen molar-refractivity contribution in [2.24, 2.45) is 5.73 Å². The molecule has 1 atom stereocenters. The lowest BCUT2D eigenvalue weighted by atomic mass is 10.3. The molecule has 1 aromatic rings. The van der Waals surface area contributed by atoms with Crippen molar-refractivity contribution in [3.05, 3.63) is 12.3 Å². The summed E-state index contributed by atoms with van der Waals surface area (Å²) in [6, 6.07) is 2.83. The van der Waals surface area contributed by atoms with Crippen LogP contribution in [0.1, 0.15) is 19.3 Å². The van der Waals surface area contributed by atoms with Crippen molar-refractivity contribution in [2.75, 3.05) is 23.3 Å². The Labute approximate surface area is 95.1 Å². The SMILES string of the molecule is N[C@@H]1CCN(c2ccnc(NC3CC3)n2)C1. The van der Waals surface area contributed by atoms with Gasteiger partial charge in [-0.2, -0.15) is 4.98 Å². The molecule has 0 amide bonds. The van der Waals surface area contributed by atoms with Crippen molar-refractivity contribution < 1.29 is 0 Å². The van der Waals surface area contributed by atoms with Crippen molar-refractivity contribution >= 4 is 11.8 Å². The number of hydrogen-bond acceptors (Lipinski definition) is 5. The molecule has 2 heterocycles. The van der Waals surface area contributed by atoms with Gasteiger partial charge < -0.3 is 16.0 Å². The van der Waals surface area contributed by atoms with E-state index in [9.17, 15) is 0 Å². The first-order chi connectivity index (χ1) is 7.81. The molecule has 3 N–H and O–H groups in total. The van der Waals surface area contributed by atoms with Gasteiger partial charge >= 0.3 is 0 Å².